The zero-order valence-electron chi connectivity index (χ0n) is 23.3. The first kappa shape index (κ1) is 28.9. The highest BCUT2D eigenvalue weighted by molar-refractivity contribution is 6.30. The van der Waals surface area contributed by atoms with Gasteiger partial charge >= 0.3 is 12.2 Å². The summed E-state index contributed by atoms with van der Waals surface area (Å²) in [4.78, 5) is 33.6. The maximum absolute atomic E-state index is 12.4. The van der Waals surface area contributed by atoms with Crippen molar-refractivity contribution >= 4 is 40.5 Å². The normalized spacial score (nSPS) is 15.6. The standard InChI is InChI=1S/C30H30ClN5O6/c1-30(2,3)41-29(39)34-27(33-28(37)38)36-13-5-8-24(36)26-32-25(35-42-26)21-10-9-20-16-23(12-11-19(20)15-21)40-17-18-6-4-7-22(31)14-18/h4,6-7,9-12,14-16,24H,5,8,13,17H2,1-3H3,(H,37,38)(H,33,34,39). The number of halogens is 1. The minimum atomic E-state index is -1.45. The number of aromatic nitrogens is 2. The third-order valence-electron chi connectivity index (χ3n) is 6.43. The van der Waals surface area contributed by atoms with Crippen LogP contribution in [-0.2, 0) is 11.3 Å². The summed E-state index contributed by atoms with van der Waals surface area (Å²) in [7, 11) is 0. The summed E-state index contributed by atoms with van der Waals surface area (Å²) in [6.07, 6.45) is -0.957. The maximum Gasteiger partial charge on any atom is 0.434 e. The molecule has 0 radical (unpaired) electrons. The highest BCUT2D eigenvalue weighted by Gasteiger charge is 2.35. The lowest BCUT2D eigenvalue weighted by molar-refractivity contribution is 0.0555. The van der Waals surface area contributed by atoms with Gasteiger partial charge in [-0.25, -0.2) is 9.59 Å². The molecule has 2 heterocycles. The zero-order chi connectivity index (χ0) is 29.9. The molecule has 1 unspecified atom stereocenters. The number of hydrogen-bond donors (Lipinski definition) is 2. The van der Waals surface area contributed by atoms with Crippen LogP contribution in [0.4, 0.5) is 9.59 Å². The molecule has 218 valence electrons. The van der Waals surface area contributed by atoms with Gasteiger partial charge in [-0.15, -0.1) is 4.99 Å². The monoisotopic (exact) mass is 591 g/mol. The first-order valence-electron chi connectivity index (χ1n) is 13.4. The van der Waals surface area contributed by atoms with Gasteiger partial charge in [-0.2, -0.15) is 4.98 Å². The van der Waals surface area contributed by atoms with E-state index in [1.807, 2.05) is 60.7 Å². The summed E-state index contributed by atoms with van der Waals surface area (Å²) in [5.74, 6) is 1.25. The molecule has 0 bridgehead atoms. The van der Waals surface area contributed by atoms with Gasteiger partial charge in [-0.1, -0.05) is 47.1 Å². The van der Waals surface area contributed by atoms with Crippen LogP contribution in [0.5, 0.6) is 5.75 Å². The van der Waals surface area contributed by atoms with Crippen LogP contribution in [0.2, 0.25) is 5.02 Å². The van der Waals surface area contributed by atoms with Crippen molar-refractivity contribution in [3.63, 3.8) is 0 Å². The Kier molecular flexibility index (Phi) is 8.30. The van der Waals surface area contributed by atoms with E-state index in [2.05, 4.69) is 20.4 Å². The summed E-state index contributed by atoms with van der Waals surface area (Å²) in [5.41, 5.74) is 0.963. The minimum Gasteiger partial charge on any atom is -0.489 e. The van der Waals surface area contributed by atoms with Gasteiger partial charge in [0.1, 0.15) is 24.0 Å². The number of alkyl carbamates (subject to hydrolysis) is 1. The number of amides is 2. The topological polar surface area (TPSA) is 139 Å². The number of aliphatic imine (C=N–C) groups is 1. The molecule has 5 rings (SSSR count). The van der Waals surface area contributed by atoms with Crippen molar-refractivity contribution in [3.8, 4) is 17.1 Å². The van der Waals surface area contributed by atoms with Gasteiger partial charge in [0.05, 0.1) is 0 Å². The molecular formula is C30H30ClN5O6. The minimum absolute atomic E-state index is 0.155. The number of carbonyl (C=O) groups is 2. The molecule has 2 N–H and O–H groups in total. The van der Waals surface area contributed by atoms with Crippen LogP contribution in [-0.4, -0.2) is 50.4 Å². The fourth-order valence-electron chi connectivity index (χ4n) is 4.66. The molecule has 1 aliphatic rings. The lowest BCUT2D eigenvalue weighted by Crippen LogP contribution is -2.46. The van der Waals surface area contributed by atoms with Gasteiger partial charge < -0.3 is 24.0 Å². The Hall–Kier alpha value is -4.64. The van der Waals surface area contributed by atoms with Gasteiger partial charge in [0.25, 0.3) is 0 Å². The highest BCUT2D eigenvalue weighted by atomic mass is 35.5. The third-order valence-corrected chi connectivity index (χ3v) is 6.67. The molecule has 1 saturated heterocycles. The molecule has 0 spiro atoms. The predicted octanol–water partition coefficient (Wildman–Crippen LogP) is 6.82. The summed E-state index contributed by atoms with van der Waals surface area (Å²) in [5, 5.41) is 18.6. The lowest BCUT2D eigenvalue weighted by atomic mass is 10.1. The second kappa shape index (κ2) is 12.1. The van der Waals surface area contributed by atoms with Crippen LogP contribution in [0.1, 0.15) is 51.1 Å². The van der Waals surface area contributed by atoms with Gasteiger partial charge in [0.2, 0.25) is 17.7 Å². The number of likely N-dealkylation sites (tertiary alicyclic amines) is 1. The zero-order valence-corrected chi connectivity index (χ0v) is 24.1. The molecule has 42 heavy (non-hydrogen) atoms. The van der Waals surface area contributed by atoms with Gasteiger partial charge in [0.15, 0.2) is 0 Å². The fourth-order valence-corrected chi connectivity index (χ4v) is 4.87. The maximum atomic E-state index is 12.4. The van der Waals surface area contributed by atoms with E-state index in [0.717, 1.165) is 27.6 Å². The smallest absolute Gasteiger partial charge is 0.434 e. The average Bonchev–Trinajstić information content (AvgIpc) is 3.60. The third kappa shape index (κ3) is 7.16. The Morgan fingerprint density at radius 3 is 2.69 bits per heavy atom. The molecule has 1 aromatic heterocycles. The number of rotatable bonds is 5. The predicted molar refractivity (Wildman–Crippen MR) is 157 cm³/mol. The molecule has 1 atom stereocenters. The van der Waals surface area contributed by atoms with Crippen molar-refractivity contribution in [2.75, 3.05) is 6.54 Å². The molecule has 0 saturated carbocycles. The van der Waals surface area contributed by atoms with E-state index in [4.69, 9.17) is 25.6 Å². The fraction of sp³-hybridized carbons (Fsp3) is 0.300. The Morgan fingerprint density at radius 2 is 1.93 bits per heavy atom. The van der Waals surface area contributed by atoms with Crippen molar-refractivity contribution in [1.82, 2.24) is 20.4 Å². The van der Waals surface area contributed by atoms with E-state index in [1.54, 1.807) is 25.7 Å². The van der Waals surface area contributed by atoms with Crippen LogP contribution < -0.4 is 10.1 Å². The molecule has 12 heteroatoms. The molecule has 1 fully saturated rings. The summed E-state index contributed by atoms with van der Waals surface area (Å²) < 4.78 is 16.8. The largest absolute Gasteiger partial charge is 0.489 e. The van der Waals surface area contributed by atoms with Crippen LogP contribution in [0.25, 0.3) is 22.2 Å². The van der Waals surface area contributed by atoms with E-state index in [0.29, 0.717) is 36.8 Å². The summed E-state index contributed by atoms with van der Waals surface area (Å²) in [6.45, 7) is 5.96. The van der Waals surface area contributed by atoms with E-state index < -0.39 is 23.8 Å². The van der Waals surface area contributed by atoms with Crippen molar-refractivity contribution in [2.45, 2.75) is 51.9 Å². The van der Waals surface area contributed by atoms with E-state index in [-0.39, 0.29) is 11.9 Å². The number of guanidine groups is 1. The molecular weight excluding hydrogens is 562 g/mol. The van der Waals surface area contributed by atoms with Crippen LogP contribution >= 0.6 is 11.6 Å². The quantitative estimate of drug-likeness (QED) is 0.189. The van der Waals surface area contributed by atoms with E-state index in [9.17, 15) is 14.7 Å². The van der Waals surface area contributed by atoms with Crippen LogP contribution in [0, 0.1) is 0 Å². The number of hydrogen-bond acceptors (Lipinski definition) is 7. The molecule has 0 aliphatic carbocycles. The number of ether oxygens (including phenoxy) is 2. The van der Waals surface area contributed by atoms with Gasteiger partial charge in [0, 0.05) is 17.1 Å². The number of fused-ring (bicyclic) bond motifs is 1. The van der Waals surface area contributed by atoms with E-state index >= 15 is 0 Å². The van der Waals surface area contributed by atoms with Gasteiger partial charge in [-0.05, 0) is 80.3 Å². The average molecular weight is 592 g/mol. The Morgan fingerprint density at radius 1 is 1.14 bits per heavy atom. The molecule has 4 aromatic rings. The Balaban J connectivity index is 1.31. The first-order valence-corrected chi connectivity index (χ1v) is 13.8. The molecule has 1 aliphatic heterocycles. The molecule has 3 aromatic carbocycles. The number of nitrogens with zero attached hydrogens (tertiary/aromatic N) is 4. The molecule has 11 nitrogen and oxygen atoms in total. The Bertz CT molecular complexity index is 1650. The number of benzene rings is 3. The van der Waals surface area contributed by atoms with E-state index in [1.165, 1.54) is 0 Å². The van der Waals surface area contributed by atoms with Gasteiger partial charge in [-0.3, -0.25) is 5.32 Å². The summed E-state index contributed by atoms with van der Waals surface area (Å²) in [6, 6.07) is 18.7. The molecule has 2 amide bonds. The lowest BCUT2D eigenvalue weighted by Gasteiger charge is -2.26. The van der Waals surface area contributed by atoms with Crippen molar-refractivity contribution < 1.29 is 28.7 Å². The van der Waals surface area contributed by atoms with Crippen LogP contribution in [0.3, 0.4) is 0 Å². The SMILES string of the molecule is CC(C)(C)OC(=O)NC(=NC(=O)O)N1CCCC1c1nc(-c2ccc3cc(OCc4cccc(Cl)c4)ccc3c2)no1. The first-order chi connectivity index (χ1) is 20.0. The van der Waals surface area contributed by atoms with Crippen LogP contribution in [0.15, 0.2) is 70.2 Å². The number of nitrogens with one attached hydrogen (secondary N) is 1. The second-order valence-electron chi connectivity index (χ2n) is 10.8. The second-order valence-corrected chi connectivity index (χ2v) is 11.2. The summed E-state index contributed by atoms with van der Waals surface area (Å²) >= 11 is 6.06. The highest BCUT2D eigenvalue weighted by Crippen LogP contribution is 2.33. The van der Waals surface area contributed by atoms with Crippen molar-refractivity contribution in [2.24, 2.45) is 4.99 Å². The van der Waals surface area contributed by atoms with Crippen molar-refractivity contribution in [3.05, 3.63) is 77.1 Å². The number of carbonyl (C=O) groups excluding carboxylic acids is 1. The number of carboxylic acid groups (broad SMARTS) is 1. The Labute approximate surface area is 247 Å². The van der Waals surface area contributed by atoms with Crippen molar-refractivity contribution in [1.29, 1.82) is 0 Å².